The molecule has 0 aliphatic rings. The third-order valence-electron chi connectivity index (χ3n) is 2.50. The first-order valence-corrected chi connectivity index (χ1v) is 7.40. The first kappa shape index (κ1) is 13.6. The minimum Gasteiger partial charge on any atom is -0.397 e. The fourth-order valence-corrected chi connectivity index (χ4v) is 2.60. The number of nitrogens with two attached hydrogens (primary N) is 1. The Kier molecular flexibility index (Phi) is 3.86. The predicted octanol–water partition coefficient (Wildman–Crippen LogP) is 0.156. The lowest BCUT2D eigenvalue weighted by Crippen LogP contribution is -2.29. The summed E-state index contributed by atoms with van der Waals surface area (Å²) in [6.45, 7) is 2.36. The molecule has 0 unspecified atom stereocenters. The third-order valence-corrected chi connectivity index (χ3v) is 3.97. The van der Waals surface area contributed by atoms with Gasteiger partial charge in [0.05, 0.1) is 17.1 Å². The second kappa shape index (κ2) is 5.41. The average Bonchev–Trinajstić information content (AvgIpc) is 2.82. The van der Waals surface area contributed by atoms with Crippen LogP contribution >= 0.6 is 0 Å². The molecule has 0 aliphatic heterocycles. The maximum absolute atomic E-state index is 11.5. The van der Waals surface area contributed by atoms with Crippen LogP contribution in [0.2, 0.25) is 0 Å². The summed E-state index contributed by atoms with van der Waals surface area (Å²) in [6, 6.07) is 3.37. The molecule has 0 spiro atoms. The second-order valence-corrected chi connectivity index (χ2v) is 5.83. The van der Waals surface area contributed by atoms with Crippen LogP contribution in [0.15, 0.2) is 16.8 Å². The van der Waals surface area contributed by atoms with Gasteiger partial charge in [-0.25, -0.2) is 17.8 Å². The van der Waals surface area contributed by atoms with Crippen LogP contribution < -0.4 is 15.8 Å². The number of benzene rings is 1. The zero-order chi connectivity index (χ0) is 13.9. The van der Waals surface area contributed by atoms with Crippen molar-refractivity contribution in [2.75, 3.05) is 29.9 Å². The molecule has 0 radical (unpaired) electrons. The van der Waals surface area contributed by atoms with E-state index in [1.807, 2.05) is 0 Å². The summed E-state index contributed by atoms with van der Waals surface area (Å²) in [5, 5.41) is 10.4. The van der Waals surface area contributed by atoms with Crippen molar-refractivity contribution < 1.29 is 13.0 Å². The van der Waals surface area contributed by atoms with Crippen LogP contribution in [0.4, 0.5) is 11.4 Å². The zero-order valence-electron chi connectivity index (χ0n) is 10.4. The summed E-state index contributed by atoms with van der Waals surface area (Å²) < 4.78 is 30.0. The van der Waals surface area contributed by atoms with Crippen LogP contribution in [0, 0.1) is 0 Å². The average molecular weight is 285 g/mol. The van der Waals surface area contributed by atoms with E-state index < -0.39 is 10.0 Å². The molecule has 0 aliphatic carbocycles. The van der Waals surface area contributed by atoms with E-state index in [0.29, 0.717) is 29.0 Å². The Labute approximate surface area is 110 Å². The van der Waals surface area contributed by atoms with Crippen molar-refractivity contribution in [1.82, 2.24) is 15.0 Å². The topological polar surface area (TPSA) is 123 Å². The van der Waals surface area contributed by atoms with Crippen molar-refractivity contribution in [1.29, 1.82) is 0 Å². The van der Waals surface area contributed by atoms with Crippen molar-refractivity contribution in [3.63, 3.8) is 0 Å². The van der Waals surface area contributed by atoms with Gasteiger partial charge in [-0.1, -0.05) is 6.92 Å². The fraction of sp³-hybridized carbons (Fsp3) is 0.400. The molecule has 19 heavy (non-hydrogen) atoms. The van der Waals surface area contributed by atoms with Gasteiger partial charge in [-0.05, 0) is 22.4 Å². The van der Waals surface area contributed by atoms with E-state index in [-0.39, 0.29) is 12.3 Å². The van der Waals surface area contributed by atoms with Crippen molar-refractivity contribution in [3.8, 4) is 0 Å². The van der Waals surface area contributed by atoms with Crippen molar-refractivity contribution in [2.45, 2.75) is 6.92 Å². The molecule has 2 aromatic rings. The molecular weight excluding hydrogens is 270 g/mol. The molecule has 1 heterocycles. The number of sulfonamides is 1. The fourth-order valence-electron chi connectivity index (χ4n) is 1.64. The van der Waals surface area contributed by atoms with E-state index in [9.17, 15) is 8.42 Å². The highest BCUT2D eigenvalue weighted by atomic mass is 32.2. The number of fused-ring (bicyclic) bond motifs is 1. The standard InChI is InChI=1S/C10H15N5O3S/c1-2-13-19(16,17)6-5-12-8-4-3-7(11)9-10(8)15-18-14-9/h3-4,12-13H,2,5-6,11H2,1H3. The maximum atomic E-state index is 11.5. The van der Waals surface area contributed by atoms with E-state index >= 15 is 0 Å². The third kappa shape index (κ3) is 3.12. The zero-order valence-corrected chi connectivity index (χ0v) is 11.2. The van der Waals surface area contributed by atoms with Gasteiger partial charge in [-0.15, -0.1) is 0 Å². The molecule has 0 fully saturated rings. The molecule has 1 aromatic heterocycles. The van der Waals surface area contributed by atoms with Gasteiger partial charge >= 0.3 is 0 Å². The summed E-state index contributed by atoms with van der Waals surface area (Å²) in [5.41, 5.74) is 7.75. The second-order valence-electron chi connectivity index (χ2n) is 3.91. The molecule has 0 amide bonds. The molecule has 9 heteroatoms. The molecule has 4 N–H and O–H groups in total. The normalized spacial score (nSPS) is 11.8. The Morgan fingerprint density at radius 2 is 2.05 bits per heavy atom. The first-order valence-electron chi connectivity index (χ1n) is 5.75. The maximum Gasteiger partial charge on any atom is 0.213 e. The Balaban J connectivity index is 2.07. The number of nitrogen functional groups attached to an aromatic ring is 1. The summed E-state index contributed by atoms with van der Waals surface area (Å²) in [4.78, 5) is 0. The van der Waals surface area contributed by atoms with E-state index in [4.69, 9.17) is 5.73 Å². The molecule has 0 saturated carbocycles. The minimum absolute atomic E-state index is 0.0298. The Bertz CT molecular complexity index is 667. The summed E-state index contributed by atoms with van der Waals surface area (Å²) in [6.07, 6.45) is 0. The van der Waals surface area contributed by atoms with Crippen LogP contribution in [0.3, 0.4) is 0 Å². The summed E-state index contributed by atoms with van der Waals surface area (Å²) >= 11 is 0. The highest BCUT2D eigenvalue weighted by Crippen LogP contribution is 2.24. The molecular formula is C10H15N5O3S. The van der Waals surface area contributed by atoms with Gasteiger partial charge in [-0.2, -0.15) is 0 Å². The smallest absolute Gasteiger partial charge is 0.213 e. The molecule has 1 aromatic carbocycles. The van der Waals surface area contributed by atoms with Gasteiger partial charge in [-0.3, -0.25) is 0 Å². The van der Waals surface area contributed by atoms with Crippen LogP contribution in [-0.2, 0) is 10.0 Å². The first-order chi connectivity index (χ1) is 9.03. The molecule has 104 valence electrons. The van der Waals surface area contributed by atoms with E-state index in [1.54, 1.807) is 19.1 Å². The Hall–Kier alpha value is -1.87. The number of hydrogen-bond donors (Lipinski definition) is 3. The molecule has 0 saturated heterocycles. The van der Waals surface area contributed by atoms with E-state index in [1.165, 1.54) is 0 Å². The van der Waals surface area contributed by atoms with Crippen molar-refractivity contribution in [2.24, 2.45) is 0 Å². The van der Waals surface area contributed by atoms with Crippen LogP contribution in [0.25, 0.3) is 11.0 Å². The van der Waals surface area contributed by atoms with Crippen LogP contribution in [-0.4, -0.2) is 37.6 Å². The molecule has 2 rings (SSSR count). The van der Waals surface area contributed by atoms with Gasteiger partial charge < -0.3 is 11.1 Å². The monoisotopic (exact) mass is 285 g/mol. The highest BCUT2D eigenvalue weighted by molar-refractivity contribution is 7.89. The molecule has 0 bridgehead atoms. The van der Waals surface area contributed by atoms with Crippen LogP contribution in [0.5, 0.6) is 0 Å². The lowest BCUT2D eigenvalue weighted by Gasteiger charge is -2.08. The number of anilines is 2. The lowest BCUT2D eigenvalue weighted by atomic mass is 10.2. The summed E-state index contributed by atoms with van der Waals surface area (Å²) in [5.74, 6) is -0.0298. The quantitative estimate of drug-likeness (QED) is 0.646. The van der Waals surface area contributed by atoms with E-state index in [2.05, 4.69) is 25.0 Å². The van der Waals surface area contributed by atoms with Gasteiger partial charge in [0.15, 0.2) is 11.0 Å². The van der Waals surface area contributed by atoms with Gasteiger partial charge in [0.2, 0.25) is 10.0 Å². The van der Waals surface area contributed by atoms with Gasteiger partial charge in [0, 0.05) is 13.1 Å². The lowest BCUT2D eigenvalue weighted by molar-refractivity contribution is 0.316. The largest absolute Gasteiger partial charge is 0.397 e. The SMILES string of the molecule is CCNS(=O)(=O)CCNc1ccc(N)c2nonc12. The summed E-state index contributed by atoms with van der Waals surface area (Å²) in [7, 11) is -3.25. The van der Waals surface area contributed by atoms with Crippen molar-refractivity contribution >= 4 is 32.4 Å². The van der Waals surface area contributed by atoms with Crippen molar-refractivity contribution in [3.05, 3.63) is 12.1 Å². The Morgan fingerprint density at radius 1 is 1.32 bits per heavy atom. The van der Waals surface area contributed by atoms with Crippen LogP contribution in [0.1, 0.15) is 6.92 Å². The Morgan fingerprint density at radius 3 is 2.79 bits per heavy atom. The number of rotatable bonds is 6. The van der Waals surface area contributed by atoms with Gasteiger partial charge in [0.1, 0.15) is 0 Å². The predicted molar refractivity (Wildman–Crippen MR) is 72.2 cm³/mol. The molecule has 0 atom stereocenters. The number of aromatic nitrogens is 2. The van der Waals surface area contributed by atoms with E-state index in [0.717, 1.165) is 0 Å². The number of nitrogens with one attached hydrogen (secondary N) is 2. The minimum atomic E-state index is -3.25. The number of hydrogen-bond acceptors (Lipinski definition) is 7. The van der Waals surface area contributed by atoms with Gasteiger partial charge in [0.25, 0.3) is 0 Å². The highest BCUT2D eigenvalue weighted by Gasteiger charge is 2.11. The number of nitrogens with zero attached hydrogens (tertiary/aromatic N) is 2. The molecule has 8 nitrogen and oxygen atoms in total.